The number of aromatic nitrogens is 3. The number of nitrogens with one attached hydrogen (secondary N) is 1. The third-order valence-electron chi connectivity index (χ3n) is 5.55. The molecule has 5 nitrogen and oxygen atoms in total. The van der Waals surface area contributed by atoms with E-state index in [0.29, 0.717) is 22.7 Å². The molecule has 0 radical (unpaired) electrons. The molecule has 1 aromatic carbocycles. The maximum atomic E-state index is 12.4. The van der Waals surface area contributed by atoms with Crippen LogP contribution in [0.3, 0.4) is 0 Å². The molecule has 2 aromatic rings. The number of fused-ring (bicyclic) bond motifs is 2. The molecule has 0 saturated heterocycles. The highest BCUT2D eigenvalue weighted by Crippen LogP contribution is 2.44. The van der Waals surface area contributed by atoms with Gasteiger partial charge in [0.15, 0.2) is 11.0 Å². The van der Waals surface area contributed by atoms with Crippen LogP contribution >= 0.6 is 23.4 Å². The van der Waals surface area contributed by atoms with Crippen molar-refractivity contribution in [1.82, 2.24) is 20.1 Å². The van der Waals surface area contributed by atoms with Crippen LogP contribution in [0.1, 0.15) is 32.6 Å². The summed E-state index contributed by atoms with van der Waals surface area (Å²) >= 11 is 7.42. The average Bonchev–Trinajstić information content (AvgIpc) is 3.35. The normalized spacial score (nSPS) is 24.2. The molecule has 1 N–H and O–H groups in total. The molecule has 26 heavy (non-hydrogen) atoms. The van der Waals surface area contributed by atoms with E-state index in [0.717, 1.165) is 35.4 Å². The molecule has 2 aliphatic carbocycles. The standard InChI is InChI=1S/C19H23ClN4OS/c1-2-24-18(13-5-7-15(20)8-6-13)22-23-19(24)26-11-17(25)21-16-10-12-3-4-14(16)9-12/h5-8,12,14,16H,2-4,9-11H2,1H3,(H,21,25)/t12-,14+,16+/m0/s1. The molecule has 0 spiro atoms. The molecule has 2 aliphatic rings. The fourth-order valence-corrected chi connectivity index (χ4v) is 5.23. The zero-order valence-corrected chi connectivity index (χ0v) is 16.4. The summed E-state index contributed by atoms with van der Waals surface area (Å²) in [6.45, 7) is 2.81. The highest BCUT2D eigenvalue weighted by atomic mass is 35.5. The molecule has 1 heterocycles. The van der Waals surface area contributed by atoms with Gasteiger partial charge in [-0.25, -0.2) is 0 Å². The SMILES string of the molecule is CCn1c(SCC(=O)N[C@@H]2C[C@H]3CC[C@@H]2C3)nnc1-c1ccc(Cl)cc1. The number of amides is 1. The molecule has 4 rings (SSSR count). The lowest BCUT2D eigenvalue weighted by Gasteiger charge is -2.22. The van der Waals surface area contributed by atoms with Crippen LogP contribution in [0.2, 0.25) is 5.02 Å². The van der Waals surface area contributed by atoms with Gasteiger partial charge < -0.3 is 9.88 Å². The van der Waals surface area contributed by atoms with Gasteiger partial charge in [0.1, 0.15) is 0 Å². The zero-order valence-electron chi connectivity index (χ0n) is 14.8. The van der Waals surface area contributed by atoms with E-state index in [1.165, 1.54) is 31.0 Å². The first-order valence-corrected chi connectivity index (χ1v) is 10.6. The van der Waals surface area contributed by atoms with Gasteiger partial charge in [0, 0.05) is 23.2 Å². The number of rotatable bonds is 6. The van der Waals surface area contributed by atoms with Gasteiger partial charge in [-0.05, 0) is 62.3 Å². The quantitative estimate of drug-likeness (QED) is 0.757. The average molecular weight is 391 g/mol. The maximum Gasteiger partial charge on any atom is 0.230 e. The van der Waals surface area contributed by atoms with Crippen molar-refractivity contribution in [2.45, 2.75) is 50.4 Å². The van der Waals surface area contributed by atoms with E-state index in [1.54, 1.807) is 0 Å². The van der Waals surface area contributed by atoms with Gasteiger partial charge in [0.25, 0.3) is 0 Å². The van der Waals surface area contributed by atoms with Gasteiger partial charge in [-0.15, -0.1) is 10.2 Å². The molecule has 0 unspecified atom stereocenters. The number of nitrogens with zero attached hydrogens (tertiary/aromatic N) is 3. The second-order valence-electron chi connectivity index (χ2n) is 7.19. The molecular formula is C19H23ClN4OS. The number of thioether (sulfide) groups is 1. The third-order valence-corrected chi connectivity index (χ3v) is 6.77. The van der Waals surface area contributed by atoms with Crippen molar-refractivity contribution < 1.29 is 4.79 Å². The zero-order chi connectivity index (χ0) is 18.1. The van der Waals surface area contributed by atoms with E-state index in [9.17, 15) is 4.79 Å². The van der Waals surface area contributed by atoms with Gasteiger partial charge in [-0.1, -0.05) is 29.8 Å². The van der Waals surface area contributed by atoms with Gasteiger partial charge >= 0.3 is 0 Å². The predicted molar refractivity (Wildman–Crippen MR) is 104 cm³/mol. The minimum Gasteiger partial charge on any atom is -0.352 e. The molecule has 2 saturated carbocycles. The Morgan fingerprint density at radius 3 is 2.73 bits per heavy atom. The first kappa shape index (κ1) is 17.9. The Balaban J connectivity index is 1.39. The summed E-state index contributed by atoms with van der Waals surface area (Å²) in [5.41, 5.74) is 0.974. The molecule has 2 bridgehead atoms. The summed E-state index contributed by atoms with van der Waals surface area (Å²) in [6, 6.07) is 7.96. The number of carbonyl (C=O) groups excluding carboxylic acids is 1. The van der Waals surface area contributed by atoms with Crippen LogP contribution in [0.4, 0.5) is 0 Å². The second kappa shape index (κ2) is 7.61. The van der Waals surface area contributed by atoms with Crippen LogP contribution in [0, 0.1) is 11.8 Å². The number of benzene rings is 1. The van der Waals surface area contributed by atoms with Crippen LogP contribution in [0.5, 0.6) is 0 Å². The number of hydrogen-bond acceptors (Lipinski definition) is 4. The van der Waals surface area contributed by atoms with Gasteiger partial charge in [-0.2, -0.15) is 0 Å². The molecule has 138 valence electrons. The minimum absolute atomic E-state index is 0.103. The minimum atomic E-state index is 0.103. The highest BCUT2D eigenvalue weighted by molar-refractivity contribution is 7.99. The van der Waals surface area contributed by atoms with Crippen molar-refractivity contribution in [3.8, 4) is 11.4 Å². The van der Waals surface area contributed by atoms with Crippen molar-refractivity contribution in [3.05, 3.63) is 29.3 Å². The van der Waals surface area contributed by atoms with E-state index in [4.69, 9.17) is 11.6 Å². The van der Waals surface area contributed by atoms with Gasteiger partial charge in [0.05, 0.1) is 5.75 Å². The maximum absolute atomic E-state index is 12.4. The van der Waals surface area contributed by atoms with Gasteiger partial charge in [-0.3, -0.25) is 4.79 Å². The van der Waals surface area contributed by atoms with Gasteiger partial charge in [0.2, 0.25) is 5.91 Å². The van der Waals surface area contributed by atoms with Crippen molar-refractivity contribution in [2.24, 2.45) is 11.8 Å². The lowest BCUT2D eigenvalue weighted by Crippen LogP contribution is -2.39. The molecule has 3 atom stereocenters. The van der Waals surface area contributed by atoms with Crippen molar-refractivity contribution >= 4 is 29.3 Å². The largest absolute Gasteiger partial charge is 0.352 e. The van der Waals surface area contributed by atoms with Crippen LogP contribution in [0.15, 0.2) is 29.4 Å². The molecule has 0 aliphatic heterocycles. The van der Waals surface area contributed by atoms with Crippen LogP contribution in [-0.2, 0) is 11.3 Å². The summed E-state index contributed by atoms with van der Waals surface area (Å²) < 4.78 is 2.04. The fraction of sp³-hybridized carbons (Fsp3) is 0.526. The first-order valence-electron chi connectivity index (χ1n) is 9.25. The van der Waals surface area contributed by atoms with Crippen molar-refractivity contribution in [3.63, 3.8) is 0 Å². The lowest BCUT2D eigenvalue weighted by atomic mass is 9.95. The van der Waals surface area contributed by atoms with E-state index >= 15 is 0 Å². The molecule has 1 amide bonds. The Hall–Kier alpha value is -1.53. The lowest BCUT2D eigenvalue weighted by molar-refractivity contribution is -0.119. The summed E-state index contributed by atoms with van der Waals surface area (Å²) in [5, 5.41) is 13.3. The molecule has 1 aromatic heterocycles. The van der Waals surface area contributed by atoms with Crippen molar-refractivity contribution in [1.29, 1.82) is 0 Å². The number of halogens is 1. The summed E-state index contributed by atoms with van der Waals surface area (Å²) in [5.74, 6) is 2.83. The molecule has 7 heteroatoms. The Kier molecular flexibility index (Phi) is 5.23. The number of hydrogen-bond donors (Lipinski definition) is 1. The summed E-state index contributed by atoms with van der Waals surface area (Å²) in [7, 11) is 0. The summed E-state index contributed by atoms with van der Waals surface area (Å²) in [4.78, 5) is 12.4. The molecule has 2 fully saturated rings. The Morgan fingerprint density at radius 1 is 1.27 bits per heavy atom. The van der Waals surface area contributed by atoms with Crippen LogP contribution < -0.4 is 5.32 Å². The van der Waals surface area contributed by atoms with Crippen molar-refractivity contribution in [2.75, 3.05) is 5.75 Å². The van der Waals surface area contributed by atoms with E-state index in [2.05, 4.69) is 22.4 Å². The third kappa shape index (κ3) is 3.62. The van der Waals surface area contributed by atoms with E-state index in [1.807, 2.05) is 28.8 Å². The topological polar surface area (TPSA) is 59.8 Å². The smallest absolute Gasteiger partial charge is 0.230 e. The second-order valence-corrected chi connectivity index (χ2v) is 8.57. The Morgan fingerprint density at radius 2 is 2.08 bits per heavy atom. The summed E-state index contributed by atoms with van der Waals surface area (Å²) in [6.07, 6.45) is 5.08. The fourth-order valence-electron chi connectivity index (χ4n) is 4.29. The number of carbonyl (C=O) groups is 1. The highest BCUT2D eigenvalue weighted by Gasteiger charge is 2.40. The molecular weight excluding hydrogens is 368 g/mol. The Labute approximate surface area is 162 Å². The van der Waals surface area contributed by atoms with E-state index in [-0.39, 0.29) is 5.91 Å². The predicted octanol–water partition coefficient (Wildman–Crippen LogP) is 4.02. The monoisotopic (exact) mass is 390 g/mol. The van der Waals surface area contributed by atoms with E-state index < -0.39 is 0 Å². The van der Waals surface area contributed by atoms with Crippen LogP contribution in [-0.4, -0.2) is 32.5 Å². The first-order chi connectivity index (χ1) is 12.6. The van der Waals surface area contributed by atoms with Crippen LogP contribution in [0.25, 0.3) is 11.4 Å². The Bertz CT molecular complexity index is 791.